The van der Waals surface area contributed by atoms with Gasteiger partial charge >= 0.3 is 0 Å². The number of hydrogen-bond acceptors (Lipinski definition) is 5. The van der Waals surface area contributed by atoms with Gasteiger partial charge in [-0.25, -0.2) is 4.98 Å². The maximum atomic E-state index is 12.1. The summed E-state index contributed by atoms with van der Waals surface area (Å²) in [5.74, 6) is -0.602. The average molecular weight is 307 g/mol. The predicted octanol–water partition coefficient (Wildman–Crippen LogP) is 2.61. The number of hydrogen-bond donors (Lipinski definition) is 2. The van der Waals surface area contributed by atoms with Crippen LogP contribution in [0.15, 0.2) is 18.2 Å². The van der Waals surface area contributed by atoms with E-state index in [-0.39, 0.29) is 17.3 Å². The highest BCUT2D eigenvalue weighted by molar-refractivity contribution is 6.30. The minimum absolute atomic E-state index is 0.0978. The van der Waals surface area contributed by atoms with Gasteiger partial charge in [-0.3, -0.25) is 10.1 Å². The molecule has 0 aliphatic heterocycles. The Morgan fingerprint density at radius 2 is 1.95 bits per heavy atom. The lowest BCUT2D eigenvalue weighted by Gasteiger charge is -2.08. The van der Waals surface area contributed by atoms with E-state index in [1.54, 1.807) is 0 Å². The summed E-state index contributed by atoms with van der Waals surface area (Å²) in [7, 11) is 0. The molecular weight excluding hydrogens is 292 g/mol. The Hall–Kier alpha value is -2.21. The van der Waals surface area contributed by atoms with Gasteiger partial charge in [0.2, 0.25) is 5.95 Å². The van der Waals surface area contributed by atoms with E-state index >= 15 is 0 Å². The summed E-state index contributed by atoms with van der Waals surface area (Å²) in [6.07, 6.45) is 1.43. The first-order chi connectivity index (χ1) is 10.0. The number of aromatic nitrogens is 3. The summed E-state index contributed by atoms with van der Waals surface area (Å²) in [5.41, 5.74) is 1.70. The summed E-state index contributed by atoms with van der Waals surface area (Å²) < 4.78 is 0. The van der Waals surface area contributed by atoms with Crippen LogP contribution in [0.4, 0.5) is 5.95 Å². The largest absolute Gasteiger partial charge is 0.507 e. The first-order valence-corrected chi connectivity index (χ1v) is 6.95. The van der Waals surface area contributed by atoms with Gasteiger partial charge in [-0.15, -0.1) is 10.2 Å². The van der Waals surface area contributed by atoms with Gasteiger partial charge < -0.3 is 5.11 Å². The Kier molecular flexibility index (Phi) is 4.70. The molecule has 0 radical (unpaired) electrons. The molecule has 21 heavy (non-hydrogen) atoms. The number of anilines is 1. The quantitative estimate of drug-likeness (QED) is 0.906. The van der Waals surface area contributed by atoms with Crippen molar-refractivity contribution in [1.82, 2.24) is 15.2 Å². The first kappa shape index (κ1) is 15.2. The summed E-state index contributed by atoms with van der Waals surface area (Å²) >= 11 is 5.73. The van der Waals surface area contributed by atoms with Crippen molar-refractivity contribution in [2.45, 2.75) is 26.7 Å². The fourth-order valence-electron chi connectivity index (χ4n) is 1.86. The van der Waals surface area contributed by atoms with Gasteiger partial charge in [-0.05, 0) is 31.0 Å². The van der Waals surface area contributed by atoms with Crippen molar-refractivity contribution < 1.29 is 9.90 Å². The zero-order valence-electron chi connectivity index (χ0n) is 11.7. The standard InChI is InChI=1S/C14H15ClN4O2/c1-3-10-11(4-2)18-19-14(16-10)17-13(21)9-6-5-8(15)7-12(9)20/h5-7,20H,3-4H2,1-2H3,(H,16,17,19,21). The topological polar surface area (TPSA) is 88.0 Å². The lowest BCUT2D eigenvalue weighted by molar-refractivity contribution is 0.102. The molecule has 6 nitrogen and oxygen atoms in total. The van der Waals surface area contributed by atoms with Crippen LogP contribution in [0, 0.1) is 0 Å². The van der Waals surface area contributed by atoms with Crippen molar-refractivity contribution in [3.05, 3.63) is 40.2 Å². The van der Waals surface area contributed by atoms with Gasteiger partial charge in [0.25, 0.3) is 5.91 Å². The SMILES string of the molecule is CCc1nnc(NC(=O)c2ccc(Cl)cc2O)nc1CC. The number of phenols is 1. The normalized spacial score (nSPS) is 10.4. The number of carbonyl (C=O) groups excluding carboxylic acids is 1. The molecule has 0 bridgehead atoms. The van der Waals surface area contributed by atoms with Crippen LogP contribution in [0.1, 0.15) is 35.6 Å². The molecule has 7 heteroatoms. The molecule has 1 aromatic heterocycles. The number of rotatable bonds is 4. The third kappa shape index (κ3) is 3.46. The van der Waals surface area contributed by atoms with Gasteiger partial charge in [0.1, 0.15) is 5.75 Å². The number of carbonyl (C=O) groups is 1. The Labute approximate surface area is 127 Å². The van der Waals surface area contributed by atoms with Crippen LogP contribution < -0.4 is 5.32 Å². The highest BCUT2D eigenvalue weighted by Crippen LogP contribution is 2.22. The van der Waals surface area contributed by atoms with E-state index in [1.165, 1.54) is 18.2 Å². The molecule has 0 atom stereocenters. The number of nitrogens with one attached hydrogen (secondary N) is 1. The minimum atomic E-state index is -0.516. The summed E-state index contributed by atoms with van der Waals surface area (Å²) in [6.45, 7) is 3.93. The second-order valence-corrected chi connectivity index (χ2v) is 4.79. The molecule has 0 aliphatic rings. The lowest BCUT2D eigenvalue weighted by Crippen LogP contribution is -2.16. The number of benzene rings is 1. The zero-order valence-corrected chi connectivity index (χ0v) is 12.5. The molecule has 0 saturated heterocycles. The Balaban J connectivity index is 2.23. The van der Waals surface area contributed by atoms with E-state index in [1.807, 2.05) is 13.8 Å². The molecule has 2 aromatic rings. The van der Waals surface area contributed by atoms with Crippen molar-refractivity contribution in [3.8, 4) is 5.75 Å². The van der Waals surface area contributed by atoms with Crippen LogP contribution in [0.2, 0.25) is 5.02 Å². The number of phenolic OH excluding ortho intramolecular Hbond substituents is 1. The van der Waals surface area contributed by atoms with E-state index in [9.17, 15) is 9.90 Å². The maximum absolute atomic E-state index is 12.1. The molecular formula is C14H15ClN4O2. The molecule has 0 spiro atoms. The zero-order chi connectivity index (χ0) is 15.4. The third-order valence-corrected chi connectivity index (χ3v) is 3.17. The predicted molar refractivity (Wildman–Crippen MR) is 79.7 cm³/mol. The Morgan fingerprint density at radius 1 is 1.24 bits per heavy atom. The molecule has 0 unspecified atom stereocenters. The molecule has 1 heterocycles. The van der Waals surface area contributed by atoms with Gasteiger partial charge in [0, 0.05) is 5.02 Å². The summed E-state index contributed by atoms with van der Waals surface area (Å²) in [4.78, 5) is 16.3. The second-order valence-electron chi connectivity index (χ2n) is 4.35. The fourth-order valence-corrected chi connectivity index (χ4v) is 2.02. The molecule has 110 valence electrons. The average Bonchev–Trinajstić information content (AvgIpc) is 2.46. The van der Waals surface area contributed by atoms with E-state index in [0.717, 1.165) is 17.8 Å². The molecule has 1 aromatic carbocycles. The molecule has 2 rings (SSSR count). The molecule has 0 fully saturated rings. The van der Waals surface area contributed by atoms with Crippen molar-refractivity contribution in [2.24, 2.45) is 0 Å². The van der Waals surface area contributed by atoms with Gasteiger partial charge in [0.15, 0.2) is 0 Å². The summed E-state index contributed by atoms with van der Waals surface area (Å²) in [5, 5.41) is 20.5. The smallest absolute Gasteiger partial charge is 0.261 e. The number of nitrogens with zero attached hydrogens (tertiary/aromatic N) is 3. The summed E-state index contributed by atoms with van der Waals surface area (Å²) in [6, 6.07) is 4.25. The number of aromatic hydroxyl groups is 1. The van der Waals surface area contributed by atoms with Crippen molar-refractivity contribution >= 4 is 23.5 Å². The molecule has 0 aliphatic carbocycles. The van der Waals surface area contributed by atoms with Crippen molar-refractivity contribution in [3.63, 3.8) is 0 Å². The Bertz CT molecular complexity index is 676. The molecule has 0 saturated carbocycles. The number of amides is 1. The van der Waals surface area contributed by atoms with E-state index < -0.39 is 5.91 Å². The van der Waals surface area contributed by atoms with E-state index in [0.29, 0.717) is 11.4 Å². The maximum Gasteiger partial charge on any atom is 0.261 e. The van der Waals surface area contributed by atoms with Crippen LogP contribution in [-0.2, 0) is 12.8 Å². The lowest BCUT2D eigenvalue weighted by atomic mass is 10.2. The van der Waals surface area contributed by atoms with Crippen molar-refractivity contribution in [2.75, 3.05) is 5.32 Å². The van der Waals surface area contributed by atoms with E-state index in [4.69, 9.17) is 11.6 Å². The third-order valence-electron chi connectivity index (χ3n) is 2.94. The van der Waals surface area contributed by atoms with Crippen LogP contribution in [0.25, 0.3) is 0 Å². The van der Waals surface area contributed by atoms with Crippen LogP contribution in [0.3, 0.4) is 0 Å². The minimum Gasteiger partial charge on any atom is -0.507 e. The molecule has 1 amide bonds. The van der Waals surface area contributed by atoms with Crippen LogP contribution >= 0.6 is 11.6 Å². The monoisotopic (exact) mass is 306 g/mol. The van der Waals surface area contributed by atoms with Gasteiger partial charge in [0.05, 0.1) is 17.0 Å². The number of aryl methyl sites for hydroxylation is 2. The van der Waals surface area contributed by atoms with Gasteiger partial charge in [-0.1, -0.05) is 25.4 Å². The van der Waals surface area contributed by atoms with Crippen LogP contribution in [0.5, 0.6) is 5.75 Å². The van der Waals surface area contributed by atoms with Crippen LogP contribution in [-0.4, -0.2) is 26.2 Å². The second kappa shape index (κ2) is 6.49. The highest BCUT2D eigenvalue weighted by atomic mass is 35.5. The fraction of sp³-hybridized carbons (Fsp3) is 0.286. The Morgan fingerprint density at radius 3 is 2.57 bits per heavy atom. The molecule has 2 N–H and O–H groups in total. The van der Waals surface area contributed by atoms with Gasteiger partial charge in [-0.2, -0.15) is 0 Å². The highest BCUT2D eigenvalue weighted by Gasteiger charge is 2.14. The first-order valence-electron chi connectivity index (χ1n) is 6.57. The van der Waals surface area contributed by atoms with E-state index in [2.05, 4.69) is 20.5 Å². The van der Waals surface area contributed by atoms with Crippen molar-refractivity contribution in [1.29, 1.82) is 0 Å². The number of halogens is 1.